The lowest BCUT2D eigenvalue weighted by Gasteiger charge is -2.48. The van der Waals surface area contributed by atoms with E-state index >= 15 is 0 Å². The molecule has 0 spiro atoms. The number of Topliss-reactive ketones (excluding diaryl/α,β-unsaturated/α-hetero) is 3. The van der Waals surface area contributed by atoms with E-state index in [4.69, 9.17) is 4.74 Å². The number of hydrogen-bond donors (Lipinski definition) is 0. The van der Waals surface area contributed by atoms with Gasteiger partial charge in [-0.25, -0.2) is 0 Å². The lowest BCUT2D eigenvalue weighted by molar-refractivity contribution is -0.156. The number of ketones is 3. The van der Waals surface area contributed by atoms with Crippen molar-refractivity contribution in [1.29, 1.82) is 0 Å². The zero-order valence-electron chi connectivity index (χ0n) is 15.2. The van der Waals surface area contributed by atoms with Crippen LogP contribution >= 0.6 is 0 Å². The molecule has 0 unspecified atom stereocenters. The zero-order valence-corrected chi connectivity index (χ0v) is 15.2. The van der Waals surface area contributed by atoms with Crippen molar-refractivity contribution in [3.05, 3.63) is 0 Å². The Morgan fingerprint density at radius 3 is 2.44 bits per heavy atom. The lowest BCUT2D eigenvalue weighted by atomic mass is 9.57. The topological polar surface area (TPSA) is 77.5 Å². The van der Waals surface area contributed by atoms with E-state index < -0.39 is 0 Å². The number of esters is 1. The summed E-state index contributed by atoms with van der Waals surface area (Å²) in [6.07, 6.45) is 4.83. The van der Waals surface area contributed by atoms with Crippen molar-refractivity contribution in [1.82, 2.24) is 0 Å². The Morgan fingerprint density at radius 2 is 1.72 bits per heavy atom. The number of rotatable bonds is 1. The molecule has 0 saturated heterocycles. The van der Waals surface area contributed by atoms with Gasteiger partial charge >= 0.3 is 5.97 Å². The maximum absolute atomic E-state index is 12.7. The van der Waals surface area contributed by atoms with Crippen LogP contribution in [0.1, 0.15) is 71.6 Å². The monoisotopic (exact) mass is 348 g/mol. The van der Waals surface area contributed by atoms with Crippen molar-refractivity contribution in [2.45, 2.75) is 77.7 Å². The summed E-state index contributed by atoms with van der Waals surface area (Å²) in [7, 11) is 0. The fourth-order valence-electron chi connectivity index (χ4n) is 5.61. The van der Waals surface area contributed by atoms with Crippen LogP contribution in [-0.4, -0.2) is 29.4 Å². The van der Waals surface area contributed by atoms with Gasteiger partial charge in [-0.1, -0.05) is 6.92 Å². The summed E-state index contributed by atoms with van der Waals surface area (Å²) < 4.78 is 5.59. The van der Waals surface area contributed by atoms with E-state index in [1.807, 2.05) is 0 Å². The van der Waals surface area contributed by atoms with Crippen LogP contribution in [-0.2, 0) is 23.9 Å². The number of fused-ring (bicyclic) bond motifs is 3. The molecule has 5 nitrogen and oxygen atoms in total. The van der Waals surface area contributed by atoms with Crippen molar-refractivity contribution in [3.63, 3.8) is 0 Å². The van der Waals surface area contributed by atoms with E-state index in [0.717, 1.165) is 25.7 Å². The zero-order chi connectivity index (χ0) is 18.2. The first-order valence-electron chi connectivity index (χ1n) is 9.54. The summed E-state index contributed by atoms with van der Waals surface area (Å²) in [5.41, 5.74) is -0.101. The molecular weight excluding hydrogens is 320 g/mol. The quantitative estimate of drug-likeness (QED) is 0.538. The SMILES string of the molecule is CC(=O)O[C@H]1CC[C@H]2[C@H]3CCC(=O)CC(=O)CCC(=O)[C@@H]3CC[C@]12C. The van der Waals surface area contributed by atoms with Gasteiger partial charge in [0.1, 0.15) is 23.5 Å². The predicted octanol–water partition coefficient (Wildman–Crippen LogP) is 3.03. The fraction of sp³-hybridized carbons (Fsp3) is 0.800. The predicted molar refractivity (Wildman–Crippen MR) is 90.7 cm³/mol. The van der Waals surface area contributed by atoms with Crippen molar-refractivity contribution >= 4 is 23.3 Å². The number of ether oxygens (including phenoxy) is 1. The summed E-state index contributed by atoms with van der Waals surface area (Å²) in [6, 6.07) is 0. The molecule has 0 aromatic rings. The van der Waals surface area contributed by atoms with Crippen LogP contribution in [0, 0.1) is 23.2 Å². The second kappa shape index (κ2) is 7.00. The van der Waals surface area contributed by atoms with Crippen LogP contribution in [0.3, 0.4) is 0 Å². The normalized spacial score (nSPS) is 39.5. The standard InChI is InChI=1S/C20H28O5/c1-12(21)25-19-8-6-17-15-5-3-13(22)11-14(23)4-7-18(24)16(15)9-10-20(17,19)2/h15-17,19H,3-11H2,1-2H3/t15-,16+,17-,19-,20-/m0/s1. The van der Waals surface area contributed by atoms with E-state index in [1.165, 1.54) is 6.92 Å². The summed E-state index contributed by atoms with van der Waals surface area (Å²) in [6.45, 7) is 3.63. The van der Waals surface area contributed by atoms with Crippen molar-refractivity contribution < 1.29 is 23.9 Å². The summed E-state index contributed by atoms with van der Waals surface area (Å²) in [5.74, 6) is 0.267. The maximum Gasteiger partial charge on any atom is 0.302 e. The highest BCUT2D eigenvalue weighted by Gasteiger charge is 2.56. The van der Waals surface area contributed by atoms with Gasteiger partial charge in [0, 0.05) is 37.5 Å². The third-order valence-corrected chi connectivity index (χ3v) is 6.87. The van der Waals surface area contributed by atoms with Gasteiger partial charge in [0.05, 0.1) is 6.42 Å². The van der Waals surface area contributed by atoms with E-state index in [0.29, 0.717) is 18.8 Å². The first kappa shape index (κ1) is 18.3. The van der Waals surface area contributed by atoms with Gasteiger partial charge in [0.25, 0.3) is 0 Å². The van der Waals surface area contributed by atoms with Crippen molar-refractivity contribution in [3.8, 4) is 0 Å². The smallest absolute Gasteiger partial charge is 0.302 e. The second-order valence-electron chi connectivity index (χ2n) is 8.36. The largest absolute Gasteiger partial charge is 0.462 e. The minimum atomic E-state index is -0.246. The summed E-state index contributed by atoms with van der Waals surface area (Å²) in [4.78, 5) is 48.0. The Hall–Kier alpha value is -1.52. The molecule has 0 N–H and O–H groups in total. The molecule has 0 aromatic carbocycles. The Balaban J connectivity index is 1.83. The average Bonchev–Trinajstić information content (AvgIpc) is 2.86. The molecule has 0 bridgehead atoms. The van der Waals surface area contributed by atoms with Gasteiger partial charge in [-0.15, -0.1) is 0 Å². The van der Waals surface area contributed by atoms with Crippen LogP contribution in [0.2, 0.25) is 0 Å². The molecule has 138 valence electrons. The first-order valence-corrected chi connectivity index (χ1v) is 9.54. The molecule has 3 saturated carbocycles. The maximum atomic E-state index is 12.7. The lowest BCUT2D eigenvalue weighted by Crippen LogP contribution is -2.46. The third-order valence-electron chi connectivity index (χ3n) is 6.87. The molecule has 5 atom stereocenters. The Kier molecular flexibility index (Phi) is 5.12. The minimum absolute atomic E-state index is 0.0000848. The molecule has 3 aliphatic rings. The molecule has 25 heavy (non-hydrogen) atoms. The molecule has 0 aliphatic heterocycles. The van der Waals surface area contributed by atoms with Crippen LogP contribution in [0.4, 0.5) is 0 Å². The van der Waals surface area contributed by atoms with Gasteiger partial charge in [0.2, 0.25) is 0 Å². The Bertz CT molecular complexity index is 595. The molecule has 0 aromatic heterocycles. The average molecular weight is 348 g/mol. The molecule has 3 rings (SSSR count). The van der Waals surface area contributed by atoms with Crippen LogP contribution in [0.25, 0.3) is 0 Å². The van der Waals surface area contributed by atoms with Gasteiger partial charge < -0.3 is 4.74 Å². The minimum Gasteiger partial charge on any atom is -0.462 e. The molecular formula is C20H28O5. The highest BCUT2D eigenvalue weighted by atomic mass is 16.5. The number of hydrogen-bond acceptors (Lipinski definition) is 5. The highest BCUT2D eigenvalue weighted by molar-refractivity contribution is 6.00. The van der Waals surface area contributed by atoms with Gasteiger partial charge in [0.15, 0.2) is 0 Å². The second-order valence-corrected chi connectivity index (χ2v) is 8.36. The number of carbonyl (C=O) groups is 4. The van der Waals surface area contributed by atoms with Crippen molar-refractivity contribution in [2.75, 3.05) is 0 Å². The molecule has 3 aliphatic carbocycles. The summed E-state index contributed by atoms with van der Waals surface area (Å²) in [5, 5.41) is 0. The molecule has 0 radical (unpaired) electrons. The van der Waals surface area contributed by atoms with Crippen LogP contribution < -0.4 is 0 Å². The molecule has 0 heterocycles. The van der Waals surface area contributed by atoms with E-state index in [9.17, 15) is 19.2 Å². The Morgan fingerprint density at radius 1 is 1.00 bits per heavy atom. The van der Waals surface area contributed by atoms with Gasteiger partial charge in [-0.3, -0.25) is 19.2 Å². The van der Waals surface area contributed by atoms with Crippen molar-refractivity contribution in [2.24, 2.45) is 23.2 Å². The van der Waals surface area contributed by atoms with E-state index in [-0.39, 0.29) is 65.9 Å². The highest BCUT2D eigenvalue weighted by Crippen LogP contribution is 2.58. The third kappa shape index (κ3) is 3.56. The van der Waals surface area contributed by atoms with Crippen LogP contribution in [0.15, 0.2) is 0 Å². The molecule has 3 fully saturated rings. The summed E-state index contributed by atoms with van der Waals surface area (Å²) >= 11 is 0. The first-order chi connectivity index (χ1) is 11.8. The fourth-order valence-corrected chi connectivity index (χ4v) is 5.61. The van der Waals surface area contributed by atoms with E-state index in [1.54, 1.807) is 0 Å². The Labute approximate surface area is 148 Å². The number of carbonyl (C=O) groups excluding carboxylic acids is 4. The molecule has 0 amide bonds. The van der Waals surface area contributed by atoms with E-state index in [2.05, 4.69) is 6.92 Å². The molecule has 5 heteroatoms. The van der Waals surface area contributed by atoms with Crippen LogP contribution in [0.5, 0.6) is 0 Å². The van der Waals surface area contributed by atoms with Gasteiger partial charge in [-0.2, -0.15) is 0 Å². The van der Waals surface area contributed by atoms with Gasteiger partial charge in [-0.05, 0) is 43.9 Å².